The van der Waals surface area contributed by atoms with Crippen LogP contribution in [0.3, 0.4) is 0 Å². The van der Waals surface area contributed by atoms with E-state index in [-0.39, 0.29) is 0 Å². The van der Waals surface area contributed by atoms with Gasteiger partial charge in [0.1, 0.15) is 5.76 Å². The van der Waals surface area contributed by atoms with Crippen molar-refractivity contribution in [3.8, 4) is 0 Å². The molecule has 0 amide bonds. The van der Waals surface area contributed by atoms with Crippen LogP contribution in [0, 0.1) is 6.92 Å². The highest BCUT2D eigenvalue weighted by atomic mass is 16.3. The van der Waals surface area contributed by atoms with Gasteiger partial charge in [-0.25, -0.2) is 0 Å². The number of furan rings is 1. The molecule has 1 rings (SSSR count). The van der Waals surface area contributed by atoms with Crippen molar-refractivity contribution in [1.29, 1.82) is 0 Å². The molecule has 0 fully saturated rings. The molecule has 0 unspecified atom stereocenters. The molecule has 0 atom stereocenters. The molecule has 0 aliphatic heterocycles. The zero-order valence-electron chi connectivity index (χ0n) is 7.89. The van der Waals surface area contributed by atoms with Crippen molar-refractivity contribution in [2.45, 2.75) is 33.2 Å². The van der Waals surface area contributed by atoms with Gasteiger partial charge in [0.2, 0.25) is 0 Å². The Hall–Kier alpha value is -0.760. The van der Waals surface area contributed by atoms with Crippen LogP contribution in [-0.4, -0.2) is 6.54 Å². The number of nitrogens with one attached hydrogen (secondary N) is 1. The Morgan fingerprint density at radius 1 is 1.50 bits per heavy atom. The predicted molar refractivity (Wildman–Crippen MR) is 50.1 cm³/mol. The molecule has 1 heterocycles. The number of unbranched alkanes of at least 4 members (excludes halogenated alkanes) is 1. The molecular weight excluding hydrogens is 150 g/mol. The van der Waals surface area contributed by atoms with Crippen LogP contribution in [0.15, 0.2) is 16.7 Å². The van der Waals surface area contributed by atoms with E-state index in [2.05, 4.69) is 19.2 Å². The van der Waals surface area contributed by atoms with E-state index in [4.69, 9.17) is 4.42 Å². The van der Waals surface area contributed by atoms with E-state index in [0.717, 1.165) is 18.8 Å². The SMILES string of the molecule is CCCCNCc1occc1C. The summed E-state index contributed by atoms with van der Waals surface area (Å²) in [5.41, 5.74) is 1.24. The Morgan fingerprint density at radius 2 is 2.33 bits per heavy atom. The lowest BCUT2D eigenvalue weighted by molar-refractivity contribution is 0.478. The minimum atomic E-state index is 0.860. The Bertz CT molecular complexity index is 217. The molecule has 0 saturated carbocycles. The van der Waals surface area contributed by atoms with Crippen molar-refractivity contribution in [3.05, 3.63) is 23.7 Å². The normalized spacial score (nSPS) is 10.5. The van der Waals surface area contributed by atoms with Gasteiger partial charge in [-0.15, -0.1) is 0 Å². The highest BCUT2D eigenvalue weighted by Gasteiger charge is 1.99. The van der Waals surface area contributed by atoms with Crippen molar-refractivity contribution in [3.63, 3.8) is 0 Å². The molecule has 0 saturated heterocycles. The van der Waals surface area contributed by atoms with Gasteiger partial charge in [-0.2, -0.15) is 0 Å². The minimum Gasteiger partial charge on any atom is -0.468 e. The van der Waals surface area contributed by atoms with Crippen LogP contribution in [0.4, 0.5) is 0 Å². The van der Waals surface area contributed by atoms with Gasteiger partial charge in [-0.05, 0) is 31.5 Å². The molecule has 0 radical (unpaired) electrons. The predicted octanol–water partition coefficient (Wildman–Crippen LogP) is 2.48. The molecule has 0 aromatic carbocycles. The zero-order valence-corrected chi connectivity index (χ0v) is 7.89. The molecule has 2 heteroatoms. The second kappa shape index (κ2) is 4.99. The van der Waals surface area contributed by atoms with Crippen LogP contribution in [0.5, 0.6) is 0 Å². The molecule has 0 spiro atoms. The molecule has 0 aliphatic rings. The summed E-state index contributed by atoms with van der Waals surface area (Å²) in [6, 6.07) is 2.00. The Morgan fingerprint density at radius 3 is 2.92 bits per heavy atom. The maximum Gasteiger partial charge on any atom is 0.120 e. The quantitative estimate of drug-likeness (QED) is 0.681. The van der Waals surface area contributed by atoms with Gasteiger partial charge >= 0.3 is 0 Å². The largest absolute Gasteiger partial charge is 0.468 e. The van der Waals surface area contributed by atoms with Gasteiger partial charge in [-0.1, -0.05) is 13.3 Å². The van der Waals surface area contributed by atoms with E-state index in [1.807, 2.05) is 6.07 Å². The molecule has 0 bridgehead atoms. The number of hydrogen-bond acceptors (Lipinski definition) is 2. The van der Waals surface area contributed by atoms with E-state index < -0.39 is 0 Å². The van der Waals surface area contributed by atoms with Crippen LogP contribution in [0.25, 0.3) is 0 Å². The fourth-order valence-electron chi connectivity index (χ4n) is 1.09. The summed E-state index contributed by atoms with van der Waals surface area (Å²) < 4.78 is 5.28. The molecule has 2 nitrogen and oxygen atoms in total. The van der Waals surface area contributed by atoms with Crippen molar-refractivity contribution in [1.82, 2.24) is 5.32 Å². The summed E-state index contributed by atoms with van der Waals surface area (Å²) >= 11 is 0. The van der Waals surface area contributed by atoms with Gasteiger partial charge in [0.05, 0.1) is 12.8 Å². The molecule has 1 aromatic heterocycles. The summed E-state index contributed by atoms with van der Waals surface area (Å²) in [6.07, 6.45) is 4.22. The third kappa shape index (κ3) is 2.70. The Kier molecular flexibility index (Phi) is 3.88. The van der Waals surface area contributed by atoms with Crippen LogP contribution < -0.4 is 5.32 Å². The fourth-order valence-corrected chi connectivity index (χ4v) is 1.09. The first-order valence-electron chi connectivity index (χ1n) is 4.58. The average molecular weight is 167 g/mol. The first kappa shape index (κ1) is 9.33. The van der Waals surface area contributed by atoms with Crippen LogP contribution in [0.2, 0.25) is 0 Å². The fraction of sp³-hybridized carbons (Fsp3) is 0.600. The second-order valence-electron chi connectivity index (χ2n) is 3.06. The molecular formula is C10H17NO. The molecule has 0 aliphatic carbocycles. The van der Waals surface area contributed by atoms with E-state index in [1.54, 1.807) is 6.26 Å². The summed E-state index contributed by atoms with van der Waals surface area (Å²) in [5, 5.41) is 3.34. The lowest BCUT2D eigenvalue weighted by Gasteiger charge is -2.01. The first-order valence-corrected chi connectivity index (χ1v) is 4.58. The third-order valence-corrected chi connectivity index (χ3v) is 1.96. The first-order chi connectivity index (χ1) is 5.84. The molecule has 68 valence electrons. The van der Waals surface area contributed by atoms with E-state index in [9.17, 15) is 0 Å². The van der Waals surface area contributed by atoms with E-state index >= 15 is 0 Å². The number of rotatable bonds is 5. The molecule has 1 aromatic rings. The standard InChI is InChI=1S/C10H17NO/c1-3-4-6-11-8-10-9(2)5-7-12-10/h5,7,11H,3-4,6,8H2,1-2H3. The molecule has 12 heavy (non-hydrogen) atoms. The maximum absolute atomic E-state index is 5.28. The van der Waals surface area contributed by atoms with Crippen LogP contribution >= 0.6 is 0 Å². The highest BCUT2D eigenvalue weighted by molar-refractivity contribution is 5.13. The van der Waals surface area contributed by atoms with E-state index in [1.165, 1.54) is 18.4 Å². The smallest absolute Gasteiger partial charge is 0.120 e. The average Bonchev–Trinajstić information content (AvgIpc) is 2.46. The zero-order chi connectivity index (χ0) is 8.81. The summed E-state index contributed by atoms with van der Waals surface area (Å²) in [5.74, 6) is 1.06. The lowest BCUT2D eigenvalue weighted by atomic mass is 10.3. The Labute approximate surface area is 74.0 Å². The van der Waals surface area contributed by atoms with Gasteiger partial charge in [-0.3, -0.25) is 0 Å². The van der Waals surface area contributed by atoms with Crippen molar-refractivity contribution in [2.75, 3.05) is 6.54 Å². The highest BCUT2D eigenvalue weighted by Crippen LogP contribution is 2.07. The second-order valence-corrected chi connectivity index (χ2v) is 3.06. The third-order valence-electron chi connectivity index (χ3n) is 1.96. The van der Waals surface area contributed by atoms with Crippen molar-refractivity contribution in [2.24, 2.45) is 0 Å². The topological polar surface area (TPSA) is 25.2 Å². The minimum absolute atomic E-state index is 0.860. The Balaban J connectivity index is 2.20. The summed E-state index contributed by atoms with van der Waals surface area (Å²) in [7, 11) is 0. The maximum atomic E-state index is 5.28. The van der Waals surface area contributed by atoms with Gasteiger partial charge < -0.3 is 9.73 Å². The van der Waals surface area contributed by atoms with Crippen LogP contribution in [0.1, 0.15) is 31.1 Å². The van der Waals surface area contributed by atoms with E-state index in [0.29, 0.717) is 0 Å². The van der Waals surface area contributed by atoms with Gasteiger partial charge in [0.25, 0.3) is 0 Å². The number of aryl methyl sites for hydroxylation is 1. The number of hydrogen-bond donors (Lipinski definition) is 1. The van der Waals surface area contributed by atoms with Crippen LogP contribution in [-0.2, 0) is 6.54 Å². The van der Waals surface area contributed by atoms with Gasteiger partial charge in [0.15, 0.2) is 0 Å². The van der Waals surface area contributed by atoms with Crippen molar-refractivity contribution < 1.29 is 4.42 Å². The van der Waals surface area contributed by atoms with Crippen molar-refractivity contribution >= 4 is 0 Å². The summed E-state index contributed by atoms with van der Waals surface area (Å²) in [6.45, 7) is 6.20. The monoisotopic (exact) mass is 167 g/mol. The lowest BCUT2D eigenvalue weighted by Crippen LogP contribution is -2.14. The molecule has 1 N–H and O–H groups in total. The summed E-state index contributed by atoms with van der Waals surface area (Å²) in [4.78, 5) is 0. The van der Waals surface area contributed by atoms with Gasteiger partial charge in [0, 0.05) is 0 Å².